The molecule has 0 unspecified atom stereocenters. The van der Waals surface area contributed by atoms with Crippen LogP contribution in [0.1, 0.15) is 26.7 Å². The number of esters is 1. The molecule has 1 aromatic rings. The van der Waals surface area contributed by atoms with E-state index in [0.717, 1.165) is 31.8 Å². The number of thioether (sulfide) groups is 1. The summed E-state index contributed by atoms with van der Waals surface area (Å²) in [5, 5.41) is 3.19. The first-order chi connectivity index (χ1) is 12.3. The van der Waals surface area contributed by atoms with Crippen LogP contribution >= 0.6 is 35.6 Å². The van der Waals surface area contributed by atoms with E-state index in [1.165, 1.54) is 18.7 Å². The first-order valence-corrected chi connectivity index (χ1v) is 10.3. The van der Waals surface area contributed by atoms with Gasteiger partial charge in [-0.3, -0.25) is 9.59 Å². The van der Waals surface area contributed by atoms with Crippen molar-refractivity contribution in [2.24, 2.45) is 5.92 Å². The zero-order chi connectivity index (χ0) is 19.1. The number of carbonyl (C=O) groups is 2. The van der Waals surface area contributed by atoms with Crippen molar-refractivity contribution in [3.63, 3.8) is 0 Å². The highest BCUT2D eigenvalue weighted by molar-refractivity contribution is 8.23. The molecule has 0 radical (unpaired) electrons. The second kappa shape index (κ2) is 10.1. The molecule has 1 saturated heterocycles. The van der Waals surface area contributed by atoms with Crippen molar-refractivity contribution in [3.05, 3.63) is 29.3 Å². The van der Waals surface area contributed by atoms with Gasteiger partial charge in [-0.25, -0.2) is 0 Å². The Kier molecular flexibility index (Phi) is 8.18. The third kappa shape index (κ3) is 6.78. The van der Waals surface area contributed by atoms with Crippen molar-refractivity contribution in [1.82, 2.24) is 4.90 Å². The van der Waals surface area contributed by atoms with E-state index in [1.807, 2.05) is 0 Å². The molecule has 1 fully saturated rings. The Hall–Kier alpha value is -1.31. The van der Waals surface area contributed by atoms with E-state index in [2.05, 4.69) is 17.1 Å². The molecule has 142 valence electrons. The lowest BCUT2D eigenvalue weighted by molar-refractivity contribution is -0.150. The Morgan fingerprint density at radius 3 is 2.77 bits per heavy atom. The van der Waals surface area contributed by atoms with E-state index in [1.54, 1.807) is 24.3 Å². The zero-order valence-corrected chi connectivity index (χ0v) is 17.3. The summed E-state index contributed by atoms with van der Waals surface area (Å²) in [7, 11) is 0. The van der Waals surface area contributed by atoms with Gasteiger partial charge in [0.2, 0.25) is 0 Å². The number of carbonyl (C=O) groups excluding carboxylic acids is 2. The van der Waals surface area contributed by atoms with Crippen molar-refractivity contribution >= 4 is 57.5 Å². The summed E-state index contributed by atoms with van der Waals surface area (Å²) in [6.45, 7) is 5.63. The Morgan fingerprint density at radius 2 is 2.12 bits per heavy atom. The number of amides is 1. The molecule has 1 N–H and O–H groups in total. The summed E-state index contributed by atoms with van der Waals surface area (Å²) in [6, 6.07) is 6.78. The highest BCUT2D eigenvalue weighted by atomic mass is 35.5. The first-order valence-electron chi connectivity index (χ1n) is 8.52. The number of ether oxygens (including phenoxy) is 1. The van der Waals surface area contributed by atoms with E-state index in [-0.39, 0.29) is 5.75 Å². The number of likely N-dealkylation sites (tertiary alicyclic amines) is 1. The SMILES string of the molecule is CC1CCN(C(=S)SCC(=O)O[C@H](C)C(=O)Nc2cccc(Cl)c2)CC1. The minimum atomic E-state index is -0.897. The van der Waals surface area contributed by atoms with Gasteiger partial charge in [0.25, 0.3) is 5.91 Å². The lowest BCUT2D eigenvalue weighted by Gasteiger charge is -2.31. The van der Waals surface area contributed by atoms with Crippen LogP contribution in [0, 0.1) is 5.92 Å². The van der Waals surface area contributed by atoms with Gasteiger partial charge in [-0.2, -0.15) is 0 Å². The van der Waals surface area contributed by atoms with E-state index < -0.39 is 18.0 Å². The third-order valence-electron chi connectivity index (χ3n) is 4.12. The van der Waals surface area contributed by atoms with Gasteiger partial charge in [-0.05, 0) is 43.9 Å². The maximum absolute atomic E-state index is 12.1. The standard InChI is InChI=1S/C18H23ClN2O3S2/c1-12-6-8-21(9-7-12)18(25)26-11-16(22)24-13(2)17(23)20-15-5-3-4-14(19)10-15/h3-5,10,12-13H,6-9,11H2,1-2H3,(H,20,23)/t13-/m1/s1. The predicted molar refractivity (Wildman–Crippen MR) is 111 cm³/mol. The Balaban J connectivity index is 1.72. The van der Waals surface area contributed by atoms with Gasteiger partial charge in [-0.15, -0.1) is 0 Å². The average Bonchev–Trinajstić information content (AvgIpc) is 2.60. The molecule has 8 heteroatoms. The van der Waals surface area contributed by atoms with Gasteiger partial charge in [-0.1, -0.05) is 48.6 Å². The number of piperidine rings is 1. The van der Waals surface area contributed by atoms with Gasteiger partial charge in [0, 0.05) is 23.8 Å². The highest BCUT2D eigenvalue weighted by Gasteiger charge is 2.21. The molecule has 0 aromatic heterocycles. The summed E-state index contributed by atoms with van der Waals surface area (Å²) in [4.78, 5) is 26.2. The molecule has 1 aliphatic rings. The highest BCUT2D eigenvalue weighted by Crippen LogP contribution is 2.20. The van der Waals surface area contributed by atoms with Crippen LogP contribution in [-0.2, 0) is 14.3 Å². The minimum absolute atomic E-state index is 0.0969. The van der Waals surface area contributed by atoms with Crippen molar-refractivity contribution < 1.29 is 14.3 Å². The molecule has 0 spiro atoms. The van der Waals surface area contributed by atoms with E-state index in [4.69, 9.17) is 28.6 Å². The van der Waals surface area contributed by atoms with Crippen LogP contribution < -0.4 is 5.32 Å². The van der Waals surface area contributed by atoms with E-state index >= 15 is 0 Å². The third-order valence-corrected chi connectivity index (χ3v) is 5.86. The molecule has 2 rings (SSSR count). The molecule has 1 heterocycles. The molecule has 1 amide bonds. The minimum Gasteiger partial charge on any atom is -0.452 e. The van der Waals surface area contributed by atoms with Crippen LogP contribution in [0.3, 0.4) is 0 Å². The lowest BCUT2D eigenvalue weighted by atomic mass is 10.00. The monoisotopic (exact) mass is 414 g/mol. The molecule has 1 aromatic carbocycles. The summed E-state index contributed by atoms with van der Waals surface area (Å²) < 4.78 is 5.90. The predicted octanol–water partition coefficient (Wildman–Crippen LogP) is 3.96. The first kappa shape index (κ1) is 21.0. The maximum atomic E-state index is 12.1. The van der Waals surface area contributed by atoms with Crippen LogP contribution in [0.15, 0.2) is 24.3 Å². The number of hydrogen-bond acceptors (Lipinski definition) is 5. The number of nitrogens with zero attached hydrogens (tertiary/aromatic N) is 1. The van der Waals surface area contributed by atoms with Gasteiger partial charge in [0.15, 0.2) is 6.10 Å². The van der Waals surface area contributed by atoms with Gasteiger partial charge in [0.1, 0.15) is 4.32 Å². The van der Waals surface area contributed by atoms with Gasteiger partial charge in [0.05, 0.1) is 5.75 Å². The number of thiocarbonyl (C=S) groups is 1. The van der Waals surface area contributed by atoms with Crippen molar-refractivity contribution in [2.45, 2.75) is 32.8 Å². The summed E-state index contributed by atoms with van der Waals surface area (Å²) >= 11 is 12.5. The van der Waals surface area contributed by atoms with Crippen LogP contribution in [0.4, 0.5) is 5.69 Å². The van der Waals surface area contributed by atoms with Gasteiger partial charge >= 0.3 is 5.97 Å². The maximum Gasteiger partial charge on any atom is 0.317 e. The van der Waals surface area contributed by atoms with Crippen LogP contribution in [0.2, 0.25) is 5.02 Å². The normalized spacial score (nSPS) is 16.0. The average molecular weight is 415 g/mol. The zero-order valence-electron chi connectivity index (χ0n) is 14.9. The molecule has 0 bridgehead atoms. The molecule has 0 saturated carbocycles. The summed E-state index contributed by atoms with van der Waals surface area (Å²) in [6.07, 6.45) is 1.34. The van der Waals surface area contributed by atoms with Crippen LogP contribution in [-0.4, -0.2) is 46.0 Å². The van der Waals surface area contributed by atoms with Crippen LogP contribution in [0.5, 0.6) is 0 Å². The second-order valence-corrected chi connectivity index (χ2v) is 8.40. The molecular formula is C18H23ClN2O3S2. The van der Waals surface area contributed by atoms with E-state index in [9.17, 15) is 9.59 Å². The Labute approximate surface area is 168 Å². The Bertz CT molecular complexity index is 664. The lowest BCUT2D eigenvalue weighted by Crippen LogP contribution is -2.36. The van der Waals surface area contributed by atoms with Crippen LogP contribution in [0.25, 0.3) is 0 Å². The molecule has 26 heavy (non-hydrogen) atoms. The van der Waals surface area contributed by atoms with Crippen molar-refractivity contribution in [2.75, 3.05) is 24.2 Å². The quantitative estimate of drug-likeness (QED) is 0.581. The molecule has 1 aliphatic heterocycles. The fraction of sp³-hybridized carbons (Fsp3) is 0.500. The largest absolute Gasteiger partial charge is 0.452 e. The molecular weight excluding hydrogens is 392 g/mol. The van der Waals surface area contributed by atoms with Gasteiger partial charge < -0.3 is 15.0 Å². The number of hydrogen-bond donors (Lipinski definition) is 1. The van der Waals surface area contributed by atoms with Crippen molar-refractivity contribution in [3.8, 4) is 0 Å². The summed E-state index contributed by atoms with van der Waals surface area (Å²) in [5.74, 6) is -0.0443. The smallest absolute Gasteiger partial charge is 0.317 e. The number of anilines is 1. The number of halogens is 1. The molecule has 5 nitrogen and oxygen atoms in total. The number of benzene rings is 1. The number of rotatable bonds is 5. The fourth-order valence-electron chi connectivity index (χ4n) is 2.50. The topological polar surface area (TPSA) is 58.6 Å². The number of nitrogens with one attached hydrogen (secondary N) is 1. The second-order valence-electron chi connectivity index (χ2n) is 6.36. The fourth-order valence-corrected chi connectivity index (χ4v) is 3.72. The molecule has 1 atom stereocenters. The van der Waals surface area contributed by atoms with Crippen molar-refractivity contribution in [1.29, 1.82) is 0 Å². The van der Waals surface area contributed by atoms with E-state index in [0.29, 0.717) is 15.0 Å². The summed E-state index contributed by atoms with van der Waals surface area (Å²) in [5.41, 5.74) is 0.556. The molecule has 0 aliphatic carbocycles. The Morgan fingerprint density at radius 1 is 1.42 bits per heavy atom.